The molecule has 1 aromatic rings. The van der Waals surface area contributed by atoms with E-state index in [-0.39, 0.29) is 12.5 Å². The van der Waals surface area contributed by atoms with Gasteiger partial charge in [-0.15, -0.1) is 0 Å². The summed E-state index contributed by atoms with van der Waals surface area (Å²) in [7, 11) is 0. The average molecular weight is 303 g/mol. The normalized spacial score (nSPS) is 16.4. The van der Waals surface area contributed by atoms with Crippen molar-refractivity contribution in [2.45, 2.75) is 25.9 Å². The lowest BCUT2D eigenvalue weighted by Gasteiger charge is -2.35. The summed E-state index contributed by atoms with van der Waals surface area (Å²) in [5.74, 6) is -0.0393. The van der Waals surface area contributed by atoms with E-state index >= 15 is 0 Å². The molecule has 6 nitrogen and oxygen atoms in total. The Bertz CT molecular complexity index is 582. The van der Waals surface area contributed by atoms with Crippen LogP contribution < -0.4 is 10.6 Å². The topological polar surface area (TPSA) is 81.7 Å². The predicted octanol–water partition coefficient (Wildman–Crippen LogP) is 1.55. The van der Waals surface area contributed by atoms with Crippen LogP contribution >= 0.6 is 0 Å². The Morgan fingerprint density at radius 1 is 1.23 bits per heavy atom. The van der Waals surface area contributed by atoms with Gasteiger partial charge in [-0.05, 0) is 19.4 Å². The third-order valence-corrected chi connectivity index (χ3v) is 3.77. The molecule has 22 heavy (non-hydrogen) atoms. The highest BCUT2D eigenvalue weighted by Gasteiger charge is 2.39. The molecular weight excluding hydrogens is 282 g/mol. The maximum Gasteiger partial charge on any atom is 0.404 e. The molecule has 0 unspecified atom stereocenters. The summed E-state index contributed by atoms with van der Waals surface area (Å²) >= 11 is 0. The molecule has 0 radical (unpaired) electrons. The highest BCUT2D eigenvalue weighted by molar-refractivity contribution is 5.92. The minimum absolute atomic E-state index is 0.0393. The van der Waals surface area contributed by atoms with Gasteiger partial charge in [-0.1, -0.05) is 30.3 Å². The molecule has 0 spiro atoms. The van der Waals surface area contributed by atoms with Crippen LogP contribution in [0.5, 0.6) is 0 Å². The van der Waals surface area contributed by atoms with Crippen LogP contribution in [0.2, 0.25) is 0 Å². The standard InChI is InChI=1S/C16H21N3O3/c1-16(2)13(17-8-9-18-15(21)22)10-14(20)19(16)11-12-6-4-3-5-7-12/h3-7,10,17-18H,8-9,11H2,1-2H3,(H,21,22). The Labute approximate surface area is 129 Å². The van der Waals surface area contributed by atoms with Crippen LogP contribution in [0.4, 0.5) is 4.79 Å². The number of rotatable bonds is 6. The Balaban J connectivity index is 1.98. The summed E-state index contributed by atoms with van der Waals surface area (Å²) in [6, 6.07) is 9.83. The maximum absolute atomic E-state index is 12.2. The molecule has 0 aliphatic carbocycles. The fourth-order valence-corrected chi connectivity index (χ4v) is 2.47. The average Bonchev–Trinajstić information content (AvgIpc) is 2.68. The number of nitrogens with zero attached hydrogens (tertiary/aromatic N) is 1. The molecule has 0 saturated carbocycles. The largest absolute Gasteiger partial charge is 0.465 e. The van der Waals surface area contributed by atoms with Crippen molar-refractivity contribution in [3.63, 3.8) is 0 Å². The highest BCUT2D eigenvalue weighted by Crippen LogP contribution is 2.30. The molecule has 118 valence electrons. The first-order valence-corrected chi connectivity index (χ1v) is 7.19. The van der Waals surface area contributed by atoms with Crippen LogP contribution in [0.25, 0.3) is 0 Å². The van der Waals surface area contributed by atoms with Crippen molar-refractivity contribution in [2.75, 3.05) is 13.1 Å². The number of amides is 2. The van der Waals surface area contributed by atoms with Gasteiger partial charge >= 0.3 is 6.09 Å². The minimum atomic E-state index is -1.05. The van der Waals surface area contributed by atoms with Gasteiger partial charge in [0.15, 0.2) is 0 Å². The van der Waals surface area contributed by atoms with Crippen molar-refractivity contribution >= 4 is 12.0 Å². The van der Waals surface area contributed by atoms with Crippen LogP contribution in [0, 0.1) is 0 Å². The first kappa shape index (κ1) is 15.9. The van der Waals surface area contributed by atoms with Gasteiger partial charge < -0.3 is 20.6 Å². The second-order valence-corrected chi connectivity index (χ2v) is 5.69. The SMILES string of the molecule is CC1(C)C(NCCNC(=O)O)=CC(=O)N1Cc1ccccc1. The first-order chi connectivity index (χ1) is 10.4. The molecule has 6 heteroatoms. The lowest BCUT2D eigenvalue weighted by molar-refractivity contribution is -0.128. The van der Waals surface area contributed by atoms with Crippen molar-refractivity contribution in [1.29, 1.82) is 0 Å². The fourth-order valence-electron chi connectivity index (χ4n) is 2.47. The van der Waals surface area contributed by atoms with Crippen molar-refractivity contribution in [2.24, 2.45) is 0 Å². The van der Waals surface area contributed by atoms with E-state index in [1.165, 1.54) is 0 Å². The Morgan fingerprint density at radius 2 is 1.91 bits per heavy atom. The lowest BCUT2D eigenvalue weighted by atomic mass is 10.0. The van der Waals surface area contributed by atoms with Crippen molar-refractivity contribution < 1.29 is 14.7 Å². The molecule has 0 fully saturated rings. The number of nitrogens with one attached hydrogen (secondary N) is 2. The summed E-state index contributed by atoms with van der Waals surface area (Å²) in [4.78, 5) is 24.5. The predicted molar refractivity (Wildman–Crippen MR) is 83.2 cm³/mol. The van der Waals surface area contributed by atoms with Gasteiger partial charge in [-0.25, -0.2) is 4.79 Å². The van der Waals surface area contributed by atoms with E-state index in [4.69, 9.17) is 5.11 Å². The number of benzene rings is 1. The summed E-state index contributed by atoms with van der Waals surface area (Å²) in [6.07, 6.45) is 0.534. The van der Waals surface area contributed by atoms with Gasteiger partial charge in [-0.3, -0.25) is 4.79 Å². The van der Waals surface area contributed by atoms with Crippen molar-refractivity contribution in [1.82, 2.24) is 15.5 Å². The quantitative estimate of drug-likeness (QED) is 0.696. The first-order valence-electron chi connectivity index (χ1n) is 7.19. The summed E-state index contributed by atoms with van der Waals surface area (Å²) < 4.78 is 0. The van der Waals surface area contributed by atoms with E-state index in [1.54, 1.807) is 11.0 Å². The smallest absolute Gasteiger partial charge is 0.404 e. The van der Waals surface area contributed by atoms with Crippen LogP contribution in [0.15, 0.2) is 42.1 Å². The second-order valence-electron chi connectivity index (χ2n) is 5.69. The molecule has 0 bridgehead atoms. The molecule has 2 amide bonds. The number of carbonyl (C=O) groups is 2. The summed E-state index contributed by atoms with van der Waals surface area (Å²) in [5, 5.41) is 14.0. The Morgan fingerprint density at radius 3 is 2.55 bits per heavy atom. The van der Waals surface area contributed by atoms with Crippen LogP contribution in [-0.4, -0.2) is 40.6 Å². The van der Waals surface area contributed by atoms with E-state index in [0.717, 1.165) is 11.3 Å². The van der Waals surface area contributed by atoms with Gasteiger partial charge in [0.2, 0.25) is 5.91 Å². The van der Waals surface area contributed by atoms with Crippen molar-refractivity contribution in [3.8, 4) is 0 Å². The zero-order valence-electron chi connectivity index (χ0n) is 12.8. The molecule has 0 aromatic heterocycles. The molecule has 1 aliphatic heterocycles. The van der Waals surface area contributed by atoms with E-state index in [2.05, 4.69) is 10.6 Å². The molecule has 1 aliphatic rings. The monoisotopic (exact) mass is 303 g/mol. The van der Waals surface area contributed by atoms with Crippen molar-refractivity contribution in [3.05, 3.63) is 47.7 Å². The number of hydrogen-bond acceptors (Lipinski definition) is 3. The minimum Gasteiger partial charge on any atom is -0.465 e. The molecular formula is C16H21N3O3. The Hall–Kier alpha value is -2.50. The summed E-state index contributed by atoms with van der Waals surface area (Å²) in [5.41, 5.74) is 1.43. The maximum atomic E-state index is 12.2. The highest BCUT2D eigenvalue weighted by atomic mass is 16.4. The van der Waals surface area contributed by atoms with Gasteiger partial charge in [0, 0.05) is 31.4 Å². The zero-order chi connectivity index (χ0) is 16.2. The molecule has 1 aromatic carbocycles. The fraction of sp³-hybridized carbons (Fsp3) is 0.375. The van der Waals surface area contributed by atoms with Gasteiger partial charge in [0.25, 0.3) is 0 Å². The molecule has 3 N–H and O–H groups in total. The van der Waals surface area contributed by atoms with E-state index in [1.807, 2.05) is 44.2 Å². The van der Waals surface area contributed by atoms with Crippen LogP contribution in [0.1, 0.15) is 19.4 Å². The second kappa shape index (κ2) is 6.51. The van der Waals surface area contributed by atoms with Gasteiger partial charge in [0.1, 0.15) is 0 Å². The van der Waals surface area contributed by atoms with E-state index < -0.39 is 11.6 Å². The third-order valence-electron chi connectivity index (χ3n) is 3.77. The van der Waals surface area contributed by atoms with E-state index in [9.17, 15) is 9.59 Å². The van der Waals surface area contributed by atoms with Gasteiger partial charge in [0.05, 0.1) is 5.54 Å². The van der Waals surface area contributed by atoms with E-state index in [0.29, 0.717) is 13.1 Å². The van der Waals surface area contributed by atoms with Crippen LogP contribution in [-0.2, 0) is 11.3 Å². The number of carboxylic acid groups (broad SMARTS) is 1. The van der Waals surface area contributed by atoms with Gasteiger partial charge in [-0.2, -0.15) is 0 Å². The zero-order valence-corrected chi connectivity index (χ0v) is 12.8. The van der Waals surface area contributed by atoms with Crippen LogP contribution in [0.3, 0.4) is 0 Å². The third kappa shape index (κ3) is 3.58. The summed E-state index contributed by atoms with van der Waals surface area (Å²) in [6.45, 7) is 5.22. The molecule has 0 atom stereocenters. The molecule has 1 heterocycles. The number of hydrogen-bond donors (Lipinski definition) is 3. The molecule has 0 saturated heterocycles. The lowest BCUT2D eigenvalue weighted by Crippen LogP contribution is -2.46. The molecule has 2 rings (SSSR count). The Kier molecular flexibility index (Phi) is 4.70. The number of carbonyl (C=O) groups excluding carboxylic acids is 1.